The van der Waals surface area contributed by atoms with Crippen molar-refractivity contribution < 1.29 is 19.1 Å². The zero-order valence-electron chi connectivity index (χ0n) is 24.3. The molecule has 1 saturated carbocycles. The fourth-order valence-electron chi connectivity index (χ4n) is 5.53. The van der Waals surface area contributed by atoms with Crippen molar-refractivity contribution in [3.63, 3.8) is 0 Å². The van der Waals surface area contributed by atoms with Crippen molar-refractivity contribution in [2.45, 2.75) is 33.1 Å². The van der Waals surface area contributed by atoms with Crippen molar-refractivity contribution in [1.82, 2.24) is 20.2 Å². The number of aromatic nitrogens is 2. The number of hydrogen-bond acceptors (Lipinski definition) is 8. The highest BCUT2D eigenvalue weighted by atomic mass is 16.5. The lowest BCUT2D eigenvalue weighted by Gasteiger charge is -2.18. The minimum Gasteiger partial charge on any atom is -0.492 e. The van der Waals surface area contributed by atoms with Crippen LogP contribution >= 0.6 is 0 Å². The Kier molecular flexibility index (Phi) is 9.82. The zero-order chi connectivity index (χ0) is 29.3. The molecule has 2 atom stereocenters. The summed E-state index contributed by atoms with van der Waals surface area (Å²) in [6, 6.07) is 14.8. The summed E-state index contributed by atoms with van der Waals surface area (Å²) in [6.45, 7) is 8.06. The van der Waals surface area contributed by atoms with Crippen LogP contribution in [-0.2, 0) is 9.53 Å². The number of nitrogens with zero attached hydrogens (tertiary/aromatic N) is 3. The molecule has 1 amide bonds. The smallest absolute Gasteiger partial charge is 0.325 e. The Morgan fingerprint density at radius 2 is 1.69 bits per heavy atom. The molecule has 220 valence electrons. The predicted molar refractivity (Wildman–Crippen MR) is 163 cm³/mol. The third-order valence-electron chi connectivity index (χ3n) is 8.05. The highest BCUT2D eigenvalue weighted by Gasteiger charge is 2.32. The largest absolute Gasteiger partial charge is 0.492 e. The van der Waals surface area contributed by atoms with Crippen LogP contribution < -0.4 is 15.4 Å². The maximum absolute atomic E-state index is 12.5. The van der Waals surface area contributed by atoms with Gasteiger partial charge in [0.1, 0.15) is 25.5 Å². The van der Waals surface area contributed by atoms with Gasteiger partial charge in [-0.15, -0.1) is 0 Å². The second-order valence-electron chi connectivity index (χ2n) is 10.8. The van der Waals surface area contributed by atoms with Gasteiger partial charge >= 0.3 is 5.97 Å². The van der Waals surface area contributed by atoms with Gasteiger partial charge in [0.05, 0.1) is 0 Å². The molecule has 1 heterocycles. The Bertz CT molecular complexity index is 1370. The van der Waals surface area contributed by atoms with Crippen LogP contribution in [0, 0.1) is 11.8 Å². The number of esters is 1. The number of carbonyl (C=O) groups excluding carboxylic acids is 2. The number of anilines is 2. The fraction of sp³-hybridized carbons (Fsp3) is 0.394. The van der Waals surface area contributed by atoms with E-state index in [1.807, 2.05) is 36.4 Å². The molecule has 0 radical (unpaired) electrons. The van der Waals surface area contributed by atoms with E-state index in [4.69, 9.17) is 9.47 Å². The molecule has 2 bridgehead atoms. The van der Waals surface area contributed by atoms with Crippen LogP contribution in [0.3, 0.4) is 0 Å². The molecular weight excluding hydrogens is 530 g/mol. The maximum atomic E-state index is 12.5. The molecule has 2 aromatic carbocycles. The van der Waals surface area contributed by atoms with Gasteiger partial charge in [-0.25, -0.2) is 9.97 Å². The van der Waals surface area contributed by atoms with E-state index in [2.05, 4.69) is 45.4 Å². The van der Waals surface area contributed by atoms with E-state index < -0.39 is 5.97 Å². The summed E-state index contributed by atoms with van der Waals surface area (Å²) in [7, 11) is 0. The van der Waals surface area contributed by atoms with Crippen LogP contribution in [0.5, 0.6) is 5.75 Å². The summed E-state index contributed by atoms with van der Waals surface area (Å²) >= 11 is 0. The normalized spacial score (nSPS) is 17.2. The van der Waals surface area contributed by atoms with Crippen LogP contribution in [0.2, 0.25) is 0 Å². The van der Waals surface area contributed by atoms with Gasteiger partial charge in [0.2, 0.25) is 5.95 Å². The molecule has 0 saturated heterocycles. The van der Waals surface area contributed by atoms with E-state index in [-0.39, 0.29) is 12.5 Å². The third kappa shape index (κ3) is 7.73. The third-order valence-corrected chi connectivity index (χ3v) is 8.05. The predicted octanol–water partition coefficient (Wildman–Crippen LogP) is 5.24. The summed E-state index contributed by atoms with van der Waals surface area (Å²) in [4.78, 5) is 35.8. The quantitative estimate of drug-likeness (QED) is 0.201. The molecule has 5 rings (SSSR count). The number of carbonyl (C=O) groups is 2. The Balaban J connectivity index is 1.05. The summed E-state index contributed by atoms with van der Waals surface area (Å²) < 4.78 is 11.2. The molecule has 2 N–H and O–H groups in total. The Morgan fingerprint density at radius 3 is 2.33 bits per heavy atom. The van der Waals surface area contributed by atoms with E-state index in [1.54, 1.807) is 24.5 Å². The standard InChI is InChI=1S/C33H39N5O4/c1-3-38(4-2)15-16-41-30-13-11-29(12-14-30)37-33-35-19-28(20-36-33)24-7-9-25(10-8-24)32(40)34-21-31(39)42-22-27-18-23-5-6-26(27)17-23/h7-14,18-20,23,26H,3-6,15-17,21-22H2,1-2H3,(H,34,40)(H,35,36,37). The Morgan fingerprint density at radius 1 is 0.952 bits per heavy atom. The molecule has 0 aliphatic heterocycles. The van der Waals surface area contributed by atoms with E-state index in [0.717, 1.165) is 42.2 Å². The Labute approximate surface area is 247 Å². The van der Waals surface area contributed by atoms with Gasteiger partial charge in [-0.05, 0) is 91.7 Å². The molecule has 3 aromatic rings. The number of allylic oxidation sites excluding steroid dienone is 1. The fourth-order valence-corrected chi connectivity index (χ4v) is 5.53. The number of benzene rings is 2. The lowest BCUT2D eigenvalue weighted by Crippen LogP contribution is -2.31. The van der Waals surface area contributed by atoms with Crippen molar-refractivity contribution in [2.75, 3.05) is 44.7 Å². The molecule has 9 heteroatoms. The first-order valence-corrected chi connectivity index (χ1v) is 14.8. The van der Waals surface area contributed by atoms with Crippen LogP contribution in [0.1, 0.15) is 43.5 Å². The minimum atomic E-state index is -0.426. The van der Waals surface area contributed by atoms with E-state index in [9.17, 15) is 9.59 Å². The number of nitrogens with one attached hydrogen (secondary N) is 2. The average Bonchev–Trinajstić information content (AvgIpc) is 3.66. The molecule has 1 fully saturated rings. The van der Waals surface area contributed by atoms with Crippen LogP contribution in [0.25, 0.3) is 11.1 Å². The van der Waals surface area contributed by atoms with Crippen molar-refractivity contribution in [3.8, 4) is 16.9 Å². The number of ether oxygens (including phenoxy) is 2. The van der Waals surface area contributed by atoms with E-state index >= 15 is 0 Å². The molecule has 42 heavy (non-hydrogen) atoms. The van der Waals surface area contributed by atoms with Gasteiger partial charge in [-0.3, -0.25) is 9.59 Å². The SMILES string of the molecule is CCN(CC)CCOc1ccc(Nc2ncc(-c3ccc(C(=O)NCC(=O)OCC4=CC5CCC4C5)cc3)cn2)cc1. The van der Waals surface area contributed by atoms with Crippen LogP contribution in [0.15, 0.2) is 72.6 Å². The van der Waals surface area contributed by atoms with Crippen LogP contribution in [0.4, 0.5) is 11.6 Å². The average molecular weight is 570 g/mol. The molecule has 9 nitrogen and oxygen atoms in total. The van der Waals surface area contributed by atoms with Gasteiger partial charge in [0, 0.05) is 35.8 Å². The second kappa shape index (κ2) is 14.1. The Hall–Kier alpha value is -4.24. The van der Waals surface area contributed by atoms with Gasteiger partial charge in [0.15, 0.2) is 0 Å². The van der Waals surface area contributed by atoms with E-state index in [1.165, 1.54) is 24.8 Å². The lowest BCUT2D eigenvalue weighted by molar-refractivity contribution is -0.141. The lowest BCUT2D eigenvalue weighted by atomic mass is 9.99. The number of hydrogen-bond donors (Lipinski definition) is 2. The number of amides is 1. The molecular formula is C33H39N5O4. The van der Waals surface area contributed by atoms with Crippen molar-refractivity contribution >= 4 is 23.5 Å². The number of likely N-dealkylation sites (N-methyl/N-ethyl adjacent to an activating group) is 1. The first-order valence-electron chi connectivity index (χ1n) is 14.8. The van der Waals surface area contributed by atoms with Gasteiger partial charge < -0.3 is 25.0 Å². The highest BCUT2D eigenvalue weighted by molar-refractivity contribution is 5.96. The molecule has 2 unspecified atom stereocenters. The highest BCUT2D eigenvalue weighted by Crippen LogP contribution is 2.43. The minimum absolute atomic E-state index is 0.156. The molecule has 2 aliphatic rings. The first kappa shape index (κ1) is 29.3. The maximum Gasteiger partial charge on any atom is 0.325 e. The number of rotatable bonds is 14. The second-order valence-corrected chi connectivity index (χ2v) is 10.8. The monoisotopic (exact) mass is 569 g/mol. The first-order chi connectivity index (χ1) is 20.5. The summed E-state index contributed by atoms with van der Waals surface area (Å²) in [5.41, 5.74) is 4.25. The zero-order valence-corrected chi connectivity index (χ0v) is 24.3. The summed E-state index contributed by atoms with van der Waals surface area (Å²) in [6.07, 6.45) is 9.34. The van der Waals surface area contributed by atoms with Gasteiger partial charge in [0.25, 0.3) is 5.91 Å². The molecule has 0 spiro atoms. The summed E-state index contributed by atoms with van der Waals surface area (Å²) in [5.74, 6) is 1.78. The van der Waals surface area contributed by atoms with E-state index in [0.29, 0.717) is 36.6 Å². The molecule has 2 aliphatic carbocycles. The van der Waals surface area contributed by atoms with Crippen LogP contribution in [-0.4, -0.2) is 66.1 Å². The van der Waals surface area contributed by atoms with Gasteiger partial charge in [-0.1, -0.05) is 32.1 Å². The van der Waals surface area contributed by atoms with Crippen molar-refractivity contribution in [2.24, 2.45) is 11.8 Å². The van der Waals surface area contributed by atoms with Crippen molar-refractivity contribution in [3.05, 3.63) is 78.1 Å². The number of fused-ring (bicyclic) bond motifs is 2. The summed E-state index contributed by atoms with van der Waals surface area (Å²) in [5, 5.41) is 5.85. The topological polar surface area (TPSA) is 106 Å². The van der Waals surface area contributed by atoms with Crippen molar-refractivity contribution in [1.29, 1.82) is 0 Å². The molecule has 1 aromatic heterocycles. The van der Waals surface area contributed by atoms with Gasteiger partial charge in [-0.2, -0.15) is 0 Å².